The monoisotopic (exact) mass is 261 g/mol. The molecule has 0 spiro atoms. The lowest BCUT2D eigenvalue weighted by Crippen LogP contribution is -2.29. The highest BCUT2D eigenvalue weighted by Gasteiger charge is 2.15. The Hall–Kier alpha value is -1.88. The van der Waals surface area contributed by atoms with Gasteiger partial charge in [0.05, 0.1) is 11.7 Å². The van der Waals surface area contributed by atoms with Crippen molar-refractivity contribution in [3.63, 3.8) is 0 Å². The van der Waals surface area contributed by atoms with Gasteiger partial charge in [-0.15, -0.1) is 0 Å². The number of benzene rings is 1. The standard InChI is InChI=1S/C14H19N3O2/c1-9(10(2)18-4)15-13-8-6-5-7-12(13)14-16-11(3)17-19-14/h5-10,15H,1-4H3. The van der Waals surface area contributed by atoms with Gasteiger partial charge in [-0.3, -0.25) is 0 Å². The molecule has 0 fully saturated rings. The van der Waals surface area contributed by atoms with E-state index in [1.54, 1.807) is 14.0 Å². The molecule has 0 saturated carbocycles. The fourth-order valence-electron chi connectivity index (χ4n) is 1.77. The number of ether oxygens (including phenoxy) is 1. The van der Waals surface area contributed by atoms with E-state index in [2.05, 4.69) is 22.4 Å². The van der Waals surface area contributed by atoms with E-state index in [9.17, 15) is 0 Å². The van der Waals surface area contributed by atoms with E-state index in [1.807, 2.05) is 31.2 Å². The summed E-state index contributed by atoms with van der Waals surface area (Å²) in [6.07, 6.45) is 0.109. The van der Waals surface area contributed by atoms with Crippen molar-refractivity contribution in [3.8, 4) is 11.5 Å². The van der Waals surface area contributed by atoms with E-state index >= 15 is 0 Å². The van der Waals surface area contributed by atoms with Crippen LogP contribution in [0.2, 0.25) is 0 Å². The number of hydrogen-bond acceptors (Lipinski definition) is 5. The molecule has 1 aromatic carbocycles. The fraction of sp³-hybridized carbons (Fsp3) is 0.429. The Morgan fingerprint density at radius 3 is 2.63 bits per heavy atom. The second-order valence-corrected chi connectivity index (χ2v) is 4.57. The smallest absolute Gasteiger partial charge is 0.260 e. The van der Waals surface area contributed by atoms with Crippen molar-refractivity contribution in [2.45, 2.75) is 32.9 Å². The topological polar surface area (TPSA) is 60.2 Å². The van der Waals surface area contributed by atoms with Gasteiger partial charge in [-0.1, -0.05) is 17.3 Å². The third-order valence-corrected chi connectivity index (χ3v) is 3.14. The van der Waals surface area contributed by atoms with Gasteiger partial charge in [0.2, 0.25) is 0 Å². The van der Waals surface area contributed by atoms with Crippen molar-refractivity contribution < 1.29 is 9.26 Å². The number of nitrogens with zero attached hydrogens (tertiary/aromatic N) is 2. The molecule has 2 rings (SSSR count). The maximum absolute atomic E-state index is 5.32. The minimum absolute atomic E-state index is 0.109. The molecule has 102 valence electrons. The molecule has 0 saturated heterocycles. The molecule has 0 aliphatic carbocycles. The molecular weight excluding hydrogens is 242 g/mol. The zero-order valence-corrected chi connectivity index (χ0v) is 11.7. The third-order valence-electron chi connectivity index (χ3n) is 3.14. The molecular formula is C14H19N3O2. The molecule has 1 N–H and O–H groups in total. The van der Waals surface area contributed by atoms with Gasteiger partial charge in [0.15, 0.2) is 5.82 Å². The number of hydrogen-bond donors (Lipinski definition) is 1. The van der Waals surface area contributed by atoms with Crippen LogP contribution in [0, 0.1) is 6.92 Å². The van der Waals surface area contributed by atoms with Gasteiger partial charge in [0, 0.05) is 18.8 Å². The van der Waals surface area contributed by atoms with Crippen molar-refractivity contribution in [1.82, 2.24) is 10.1 Å². The predicted molar refractivity (Wildman–Crippen MR) is 74.0 cm³/mol. The highest BCUT2D eigenvalue weighted by Crippen LogP contribution is 2.27. The number of aromatic nitrogens is 2. The first-order valence-corrected chi connectivity index (χ1v) is 6.31. The second kappa shape index (κ2) is 5.84. The molecule has 2 unspecified atom stereocenters. The molecule has 0 aliphatic rings. The largest absolute Gasteiger partial charge is 0.380 e. The highest BCUT2D eigenvalue weighted by molar-refractivity contribution is 5.72. The molecule has 0 amide bonds. The lowest BCUT2D eigenvalue weighted by atomic mass is 10.1. The Morgan fingerprint density at radius 1 is 1.26 bits per heavy atom. The quantitative estimate of drug-likeness (QED) is 0.896. The minimum Gasteiger partial charge on any atom is -0.380 e. The van der Waals surface area contributed by atoms with Crippen LogP contribution in [0.4, 0.5) is 5.69 Å². The predicted octanol–water partition coefficient (Wildman–Crippen LogP) is 2.88. The molecule has 5 nitrogen and oxygen atoms in total. The van der Waals surface area contributed by atoms with Crippen LogP contribution < -0.4 is 5.32 Å². The normalized spacial score (nSPS) is 14.1. The zero-order chi connectivity index (χ0) is 13.8. The maximum Gasteiger partial charge on any atom is 0.260 e. The Bertz CT molecular complexity index is 539. The summed E-state index contributed by atoms with van der Waals surface area (Å²) in [5.41, 5.74) is 1.86. The van der Waals surface area contributed by atoms with E-state index in [1.165, 1.54) is 0 Å². The van der Waals surface area contributed by atoms with E-state index in [0.29, 0.717) is 11.7 Å². The van der Waals surface area contributed by atoms with Gasteiger partial charge in [0.25, 0.3) is 5.89 Å². The van der Waals surface area contributed by atoms with E-state index in [4.69, 9.17) is 9.26 Å². The summed E-state index contributed by atoms with van der Waals surface area (Å²) in [7, 11) is 1.70. The van der Waals surface area contributed by atoms with Crippen LogP contribution in [-0.2, 0) is 4.74 Å². The van der Waals surface area contributed by atoms with Crippen molar-refractivity contribution in [1.29, 1.82) is 0 Å². The molecule has 5 heteroatoms. The number of methoxy groups -OCH3 is 1. The molecule has 0 bridgehead atoms. The Morgan fingerprint density at radius 2 is 2.00 bits per heavy atom. The second-order valence-electron chi connectivity index (χ2n) is 4.57. The molecule has 0 radical (unpaired) electrons. The van der Waals surface area contributed by atoms with Gasteiger partial charge in [-0.25, -0.2) is 0 Å². The summed E-state index contributed by atoms with van der Waals surface area (Å²) in [6, 6.07) is 8.05. The van der Waals surface area contributed by atoms with Crippen LogP contribution in [0.3, 0.4) is 0 Å². The number of para-hydroxylation sites is 1. The van der Waals surface area contributed by atoms with Crippen molar-refractivity contribution in [2.24, 2.45) is 0 Å². The number of nitrogens with one attached hydrogen (secondary N) is 1. The summed E-state index contributed by atoms with van der Waals surface area (Å²) in [5.74, 6) is 1.15. The highest BCUT2D eigenvalue weighted by atomic mass is 16.5. The average Bonchev–Trinajstić information content (AvgIpc) is 2.85. The lowest BCUT2D eigenvalue weighted by molar-refractivity contribution is 0.106. The summed E-state index contributed by atoms with van der Waals surface area (Å²) >= 11 is 0. The minimum atomic E-state index is 0.109. The van der Waals surface area contributed by atoms with Crippen LogP contribution >= 0.6 is 0 Å². The molecule has 2 aromatic rings. The summed E-state index contributed by atoms with van der Waals surface area (Å²) in [4.78, 5) is 4.26. The van der Waals surface area contributed by atoms with Crippen LogP contribution in [0.5, 0.6) is 0 Å². The van der Waals surface area contributed by atoms with Crippen LogP contribution in [0.15, 0.2) is 28.8 Å². The van der Waals surface area contributed by atoms with Gasteiger partial charge >= 0.3 is 0 Å². The van der Waals surface area contributed by atoms with Gasteiger partial charge in [-0.2, -0.15) is 4.98 Å². The van der Waals surface area contributed by atoms with Gasteiger partial charge < -0.3 is 14.6 Å². The van der Waals surface area contributed by atoms with E-state index < -0.39 is 0 Å². The summed E-state index contributed by atoms with van der Waals surface area (Å²) in [5, 5.41) is 7.24. The molecule has 1 aromatic heterocycles. The maximum atomic E-state index is 5.32. The van der Waals surface area contributed by atoms with Gasteiger partial charge in [-0.05, 0) is 32.9 Å². The molecule has 19 heavy (non-hydrogen) atoms. The Labute approximate surface area is 113 Å². The summed E-state index contributed by atoms with van der Waals surface area (Å²) < 4.78 is 10.5. The first kappa shape index (κ1) is 13.5. The third kappa shape index (κ3) is 3.12. The average molecular weight is 261 g/mol. The SMILES string of the molecule is COC(C)C(C)Nc1ccccc1-c1nc(C)no1. The zero-order valence-electron chi connectivity index (χ0n) is 11.7. The molecule has 1 heterocycles. The fourth-order valence-corrected chi connectivity index (χ4v) is 1.77. The number of anilines is 1. The van der Waals surface area contributed by atoms with E-state index in [0.717, 1.165) is 11.3 Å². The number of aryl methyl sites for hydroxylation is 1. The van der Waals surface area contributed by atoms with Crippen molar-refractivity contribution in [3.05, 3.63) is 30.1 Å². The van der Waals surface area contributed by atoms with E-state index in [-0.39, 0.29) is 12.1 Å². The summed E-state index contributed by atoms with van der Waals surface area (Å²) in [6.45, 7) is 5.90. The van der Waals surface area contributed by atoms with Crippen molar-refractivity contribution >= 4 is 5.69 Å². The Kier molecular flexibility index (Phi) is 4.16. The van der Waals surface area contributed by atoms with Gasteiger partial charge in [0.1, 0.15) is 0 Å². The molecule has 0 aliphatic heterocycles. The lowest BCUT2D eigenvalue weighted by Gasteiger charge is -2.22. The van der Waals surface area contributed by atoms with Crippen LogP contribution in [0.25, 0.3) is 11.5 Å². The number of rotatable bonds is 5. The Balaban J connectivity index is 2.26. The van der Waals surface area contributed by atoms with Crippen LogP contribution in [0.1, 0.15) is 19.7 Å². The van der Waals surface area contributed by atoms with Crippen LogP contribution in [-0.4, -0.2) is 29.4 Å². The van der Waals surface area contributed by atoms with Crippen molar-refractivity contribution in [2.75, 3.05) is 12.4 Å². The first-order valence-electron chi connectivity index (χ1n) is 6.31. The first-order chi connectivity index (χ1) is 9.11. The molecule has 2 atom stereocenters.